The minimum atomic E-state index is -3.95. The fourth-order valence-electron chi connectivity index (χ4n) is 3.72. The lowest BCUT2D eigenvalue weighted by molar-refractivity contribution is -0.384. The molecule has 10 heteroatoms. The molecule has 0 atom stereocenters. The summed E-state index contributed by atoms with van der Waals surface area (Å²) in [5, 5.41) is 13.8. The van der Waals surface area contributed by atoms with Crippen LogP contribution in [-0.2, 0) is 20.2 Å². The van der Waals surface area contributed by atoms with Crippen molar-refractivity contribution < 1.29 is 22.9 Å². The first-order valence-corrected chi connectivity index (χ1v) is 13.3. The maximum Gasteiger partial charge on any atom is 0.271 e. The van der Waals surface area contributed by atoms with Crippen molar-refractivity contribution in [1.29, 1.82) is 0 Å². The van der Waals surface area contributed by atoms with Gasteiger partial charge in [-0.25, -0.2) is 8.42 Å². The number of nitrogens with one attached hydrogen (secondary N) is 1. The van der Waals surface area contributed by atoms with Crippen molar-refractivity contribution in [2.75, 3.05) is 22.4 Å². The third kappa shape index (κ3) is 6.79. The van der Waals surface area contributed by atoms with E-state index in [1.807, 2.05) is 12.1 Å². The average Bonchev–Trinajstić information content (AvgIpc) is 2.81. The summed E-state index contributed by atoms with van der Waals surface area (Å²) in [6.07, 6.45) is 0.919. The van der Waals surface area contributed by atoms with E-state index < -0.39 is 27.4 Å². The maximum absolute atomic E-state index is 13.0. The highest BCUT2D eigenvalue weighted by Gasteiger charge is 2.25. The Hall–Kier alpha value is -4.05. The van der Waals surface area contributed by atoms with Crippen molar-refractivity contribution in [2.45, 2.75) is 33.1 Å². The molecule has 0 aliphatic carbocycles. The van der Waals surface area contributed by atoms with E-state index in [0.29, 0.717) is 22.4 Å². The third-order valence-corrected chi connectivity index (χ3v) is 6.91. The number of rotatable bonds is 8. The van der Waals surface area contributed by atoms with Crippen LogP contribution in [0.3, 0.4) is 0 Å². The molecule has 0 aliphatic heterocycles. The molecular weight excluding hydrogens is 494 g/mol. The summed E-state index contributed by atoms with van der Waals surface area (Å²) >= 11 is 0. The third-order valence-electron chi connectivity index (χ3n) is 5.78. The highest BCUT2D eigenvalue weighted by molar-refractivity contribution is 7.92. The van der Waals surface area contributed by atoms with Crippen molar-refractivity contribution in [3.05, 3.63) is 99.1 Å². The van der Waals surface area contributed by atoms with Gasteiger partial charge in [0.1, 0.15) is 6.54 Å². The first-order chi connectivity index (χ1) is 17.2. The van der Waals surface area contributed by atoms with Gasteiger partial charge in [-0.05, 0) is 35.6 Å². The number of anilines is 2. The van der Waals surface area contributed by atoms with Crippen LogP contribution in [0.15, 0.2) is 66.7 Å². The fourth-order valence-corrected chi connectivity index (χ4v) is 4.62. The van der Waals surface area contributed by atoms with E-state index in [1.165, 1.54) is 18.2 Å². The zero-order valence-corrected chi connectivity index (χ0v) is 22.1. The fraction of sp³-hybridized carbons (Fsp3) is 0.259. The van der Waals surface area contributed by atoms with Gasteiger partial charge in [0, 0.05) is 28.9 Å². The molecular formula is C27H29N3O6S. The first-order valence-electron chi connectivity index (χ1n) is 11.4. The number of benzene rings is 3. The second-order valence-corrected chi connectivity index (χ2v) is 11.7. The van der Waals surface area contributed by atoms with Crippen LogP contribution in [-0.4, -0.2) is 37.8 Å². The van der Waals surface area contributed by atoms with Crippen LogP contribution in [0.2, 0.25) is 0 Å². The largest absolute Gasteiger partial charge is 0.324 e. The molecule has 0 bridgehead atoms. The van der Waals surface area contributed by atoms with Gasteiger partial charge >= 0.3 is 0 Å². The number of sulfonamides is 1. The molecule has 0 fully saturated rings. The number of nitro groups is 1. The second-order valence-electron chi connectivity index (χ2n) is 9.78. The summed E-state index contributed by atoms with van der Waals surface area (Å²) in [5.41, 5.74) is 2.41. The van der Waals surface area contributed by atoms with Crippen molar-refractivity contribution in [3.63, 3.8) is 0 Å². The number of carbonyl (C=O) groups excluding carboxylic acids is 2. The number of hydrogen-bond donors (Lipinski definition) is 1. The van der Waals surface area contributed by atoms with Gasteiger partial charge in [0.25, 0.3) is 5.69 Å². The SMILES string of the molecule is Cc1ccc([N+](=O)[O-])cc1N(CC(=O)Nc1cccc(C(=O)c2ccc(C(C)(C)C)cc2)c1)S(C)(=O)=O. The molecule has 0 saturated carbocycles. The predicted molar refractivity (Wildman–Crippen MR) is 144 cm³/mol. The van der Waals surface area contributed by atoms with Gasteiger partial charge < -0.3 is 5.32 Å². The lowest BCUT2D eigenvalue weighted by Gasteiger charge is -2.23. The van der Waals surface area contributed by atoms with E-state index in [-0.39, 0.29) is 22.6 Å². The Bertz CT molecular complexity index is 1460. The summed E-state index contributed by atoms with van der Waals surface area (Å²) in [4.78, 5) is 36.4. The molecule has 3 rings (SSSR count). The predicted octanol–water partition coefficient (Wildman–Crippen LogP) is 4.84. The van der Waals surface area contributed by atoms with E-state index in [4.69, 9.17) is 0 Å². The van der Waals surface area contributed by atoms with Gasteiger partial charge in [-0.3, -0.25) is 24.0 Å². The highest BCUT2D eigenvalue weighted by Crippen LogP contribution is 2.28. The highest BCUT2D eigenvalue weighted by atomic mass is 32.2. The molecule has 0 unspecified atom stereocenters. The van der Waals surface area contributed by atoms with E-state index in [2.05, 4.69) is 26.1 Å². The van der Waals surface area contributed by atoms with Crippen molar-refractivity contribution in [2.24, 2.45) is 0 Å². The molecule has 0 radical (unpaired) electrons. The van der Waals surface area contributed by atoms with Crippen LogP contribution in [0.1, 0.15) is 47.8 Å². The van der Waals surface area contributed by atoms with E-state index >= 15 is 0 Å². The molecule has 1 amide bonds. The average molecular weight is 524 g/mol. The molecule has 1 N–H and O–H groups in total. The Morgan fingerprint density at radius 2 is 1.62 bits per heavy atom. The Labute approximate surface area is 216 Å². The lowest BCUT2D eigenvalue weighted by atomic mass is 9.86. The molecule has 3 aromatic carbocycles. The van der Waals surface area contributed by atoms with Gasteiger partial charge in [0.05, 0.1) is 16.9 Å². The van der Waals surface area contributed by atoms with Crippen LogP contribution < -0.4 is 9.62 Å². The van der Waals surface area contributed by atoms with Gasteiger partial charge in [-0.2, -0.15) is 0 Å². The molecule has 194 valence electrons. The molecule has 3 aromatic rings. The van der Waals surface area contributed by atoms with Gasteiger partial charge in [-0.1, -0.05) is 63.2 Å². The number of aryl methyl sites for hydroxylation is 1. The summed E-state index contributed by atoms with van der Waals surface area (Å²) in [5.74, 6) is -0.892. The minimum Gasteiger partial charge on any atom is -0.324 e. The maximum atomic E-state index is 13.0. The summed E-state index contributed by atoms with van der Waals surface area (Å²) < 4.78 is 25.8. The van der Waals surface area contributed by atoms with Crippen LogP contribution >= 0.6 is 0 Å². The Kier molecular flexibility index (Phi) is 7.83. The summed E-state index contributed by atoms with van der Waals surface area (Å²) in [6, 6.07) is 17.5. The summed E-state index contributed by atoms with van der Waals surface area (Å²) in [6.45, 7) is 7.25. The van der Waals surface area contributed by atoms with Gasteiger partial charge in [-0.15, -0.1) is 0 Å². The van der Waals surface area contributed by atoms with Crippen LogP contribution in [0.4, 0.5) is 17.1 Å². The standard InChI is InChI=1S/C27H29N3O6S/c1-18-9-14-23(30(33)34)16-24(18)29(37(5,35)36)17-25(31)28-22-8-6-7-20(15-22)26(32)19-10-12-21(13-11-19)27(2,3)4/h6-16H,17H2,1-5H3,(H,28,31). The molecule has 0 aromatic heterocycles. The number of hydrogen-bond acceptors (Lipinski definition) is 6. The topological polar surface area (TPSA) is 127 Å². The van der Waals surface area contributed by atoms with Crippen molar-refractivity contribution >= 4 is 38.8 Å². The second kappa shape index (κ2) is 10.5. The monoisotopic (exact) mass is 523 g/mol. The van der Waals surface area contributed by atoms with Crippen molar-refractivity contribution in [1.82, 2.24) is 0 Å². The van der Waals surface area contributed by atoms with Crippen LogP contribution in [0.25, 0.3) is 0 Å². The van der Waals surface area contributed by atoms with Gasteiger partial charge in [0.15, 0.2) is 5.78 Å². The number of non-ortho nitro benzene ring substituents is 1. The number of ketones is 1. The van der Waals surface area contributed by atoms with Gasteiger partial charge in [0.2, 0.25) is 15.9 Å². The molecule has 0 saturated heterocycles. The smallest absolute Gasteiger partial charge is 0.271 e. The van der Waals surface area contributed by atoms with E-state index in [1.54, 1.807) is 37.3 Å². The first kappa shape index (κ1) is 27.5. The molecule has 0 spiro atoms. The Morgan fingerprint density at radius 1 is 0.973 bits per heavy atom. The zero-order valence-electron chi connectivity index (χ0n) is 21.3. The molecule has 0 aliphatic rings. The Morgan fingerprint density at radius 3 is 2.19 bits per heavy atom. The minimum absolute atomic E-state index is 0.0366. The quantitative estimate of drug-likeness (QED) is 0.256. The number of carbonyl (C=O) groups is 2. The zero-order chi connectivity index (χ0) is 27.5. The number of amides is 1. The molecule has 9 nitrogen and oxygen atoms in total. The number of nitro benzene ring substituents is 1. The van der Waals surface area contributed by atoms with E-state index in [9.17, 15) is 28.1 Å². The molecule has 0 heterocycles. The summed E-state index contributed by atoms with van der Waals surface area (Å²) in [7, 11) is -3.95. The normalized spacial score (nSPS) is 11.6. The van der Waals surface area contributed by atoms with Crippen molar-refractivity contribution in [3.8, 4) is 0 Å². The number of nitrogens with zero attached hydrogens (tertiary/aromatic N) is 2. The Balaban J connectivity index is 1.81. The van der Waals surface area contributed by atoms with E-state index in [0.717, 1.165) is 22.2 Å². The van der Waals surface area contributed by atoms with Crippen LogP contribution in [0, 0.1) is 17.0 Å². The molecule has 37 heavy (non-hydrogen) atoms. The lowest BCUT2D eigenvalue weighted by Crippen LogP contribution is -2.37. The van der Waals surface area contributed by atoms with Crippen LogP contribution in [0.5, 0.6) is 0 Å².